The van der Waals surface area contributed by atoms with E-state index >= 15 is 0 Å². The number of ether oxygens (including phenoxy) is 1. The number of nitrogens with one attached hydrogen (secondary N) is 1. The van der Waals surface area contributed by atoms with Gasteiger partial charge in [0.15, 0.2) is 12.4 Å². The zero-order valence-corrected chi connectivity index (χ0v) is 13.5. The number of fused-ring (bicyclic) bond motifs is 1. The summed E-state index contributed by atoms with van der Waals surface area (Å²) in [5.41, 5.74) is 7.52. The molecule has 0 fully saturated rings. The van der Waals surface area contributed by atoms with Crippen molar-refractivity contribution in [3.05, 3.63) is 41.9 Å². The Hall–Kier alpha value is -3.16. The molecule has 3 aromatic rings. The molecule has 2 aromatic heterocycles. The van der Waals surface area contributed by atoms with Gasteiger partial charge in [-0.15, -0.1) is 0 Å². The van der Waals surface area contributed by atoms with Crippen molar-refractivity contribution in [1.82, 2.24) is 19.9 Å². The smallest absolute Gasteiger partial charge is 0.310 e. The van der Waals surface area contributed by atoms with Crippen molar-refractivity contribution in [2.75, 3.05) is 24.7 Å². The lowest BCUT2D eigenvalue weighted by atomic mass is 10.1. The van der Waals surface area contributed by atoms with Crippen LogP contribution in [0.4, 0.5) is 11.9 Å². The van der Waals surface area contributed by atoms with Gasteiger partial charge in [0.05, 0.1) is 6.42 Å². The lowest BCUT2D eigenvalue weighted by molar-refractivity contribution is -0.144. The molecule has 0 bridgehead atoms. The van der Waals surface area contributed by atoms with E-state index in [9.17, 15) is 4.79 Å². The van der Waals surface area contributed by atoms with E-state index in [-0.39, 0.29) is 24.9 Å². The molecule has 1 aromatic carbocycles. The molecule has 0 aliphatic carbocycles. The van der Waals surface area contributed by atoms with E-state index in [4.69, 9.17) is 10.5 Å². The largest absolute Gasteiger partial charge is 0.457 e. The molecule has 0 amide bonds. The SMILES string of the molecule is CN(C)c1nc(N)nc(COC(=O)Cc2c[nH]c3ccccc23)n1. The standard InChI is InChI=1S/C16H18N6O2/c1-22(2)16-20-13(19-15(17)21-16)9-24-14(23)7-10-8-18-12-6-4-3-5-11(10)12/h3-6,8,18H,7,9H2,1-2H3,(H2,17,19,20,21). The Morgan fingerprint density at radius 1 is 1.25 bits per heavy atom. The van der Waals surface area contributed by atoms with Crippen molar-refractivity contribution in [1.29, 1.82) is 0 Å². The number of esters is 1. The second-order valence-electron chi connectivity index (χ2n) is 5.50. The number of anilines is 2. The van der Waals surface area contributed by atoms with Crippen molar-refractivity contribution >= 4 is 28.8 Å². The van der Waals surface area contributed by atoms with Crippen LogP contribution in [0.25, 0.3) is 10.9 Å². The number of para-hydroxylation sites is 1. The Bertz CT molecular complexity index is 874. The molecule has 24 heavy (non-hydrogen) atoms. The first-order valence-electron chi connectivity index (χ1n) is 7.41. The van der Waals surface area contributed by atoms with E-state index < -0.39 is 0 Å². The number of nitrogens with two attached hydrogens (primary N) is 1. The Balaban J connectivity index is 1.66. The maximum atomic E-state index is 12.1. The third-order valence-corrected chi connectivity index (χ3v) is 3.46. The molecular formula is C16H18N6O2. The molecule has 2 heterocycles. The summed E-state index contributed by atoms with van der Waals surface area (Å²) in [6, 6.07) is 7.79. The van der Waals surface area contributed by atoms with E-state index in [0.29, 0.717) is 11.8 Å². The first kappa shape index (κ1) is 15.7. The van der Waals surface area contributed by atoms with Gasteiger partial charge in [-0.05, 0) is 11.6 Å². The molecule has 3 rings (SSSR count). The zero-order chi connectivity index (χ0) is 17.1. The van der Waals surface area contributed by atoms with Crippen molar-refractivity contribution in [2.24, 2.45) is 0 Å². The second-order valence-corrected chi connectivity index (χ2v) is 5.50. The highest BCUT2D eigenvalue weighted by Crippen LogP contribution is 2.18. The van der Waals surface area contributed by atoms with Crippen LogP contribution in [-0.4, -0.2) is 40.0 Å². The number of carbonyl (C=O) groups is 1. The van der Waals surface area contributed by atoms with Crippen LogP contribution in [0, 0.1) is 0 Å². The quantitative estimate of drug-likeness (QED) is 0.680. The molecule has 8 nitrogen and oxygen atoms in total. The lowest BCUT2D eigenvalue weighted by Crippen LogP contribution is -2.17. The number of benzene rings is 1. The van der Waals surface area contributed by atoms with Gasteiger partial charge < -0.3 is 20.4 Å². The molecule has 0 spiro atoms. The van der Waals surface area contributed by atoms with Crippen LogP contribution in [-0.2, 0) is 22.6 Å². The zero-order valence-electron chi connectivity index (χ0n) is 13.5. The predicted octanol–water partition coefficient (Wildman–Crippen LogP) is 1.29. The van der Waals surface area contributed by atoms with Gasteiger partial charge >= 0.3 is 5.97 Å². The second kappa shape index (κ2) is 6.53. The molecular weight excluding hydrogens is 308 g/mol. The third kappa shape index (κ3) is 3.43. The summed E-state index contributed by atoms with van der Waals surface area (Å²) in [5.74, 6) is 0.477. The molecule has 0 saturated heterocycles. The van der Waals surface area contributed by atoms with Crippen molar-refractivity contribution in [3.8, 4) is 0 Å². The number of nitrogens with zero attached hydrogens (tertiary/aromatic N) is 4. The molecule has 8 heteroatoms. The van der Waals surface area contributed by atoms with E-state index in [1.807, 2.05) is 30.5 Å². The Morgan fingerprint density at radius 2 is 2.04 bits per heavy atom. The average molecular weight is 326 g/mol. The van der Waals surface area contributed by atoms with Gasteiger partial charge in [0.25, 0.3) is 0 Å². The number of aromatic amines is 1. The molecule has 0 aliphatic rings. The minimum absolute atomic E-state index is 0.0469. The van der Waals surface area contributed by atoms with E-state index in [1.165, 1.54) is 0 Å². The van der Waals surface area contributed by atoms with Crippen LogP contribution in [0.15, 0.2) is 30.5 Å². The summed E-state index contributed by atoms with van der Waals surface area (Å²) in [7, 11) is 3.59. The van der Waals surface area contributed by atoms with Crippen molar-refractivity contribution in [2.45, 2.75) is 13.0 Å². The molecule has 124 valence electrons. The summed E-state index contributed by atoms with van der Waals surface area (Å²) >= 11 is 0. The number of hydrogen-bond acceptors (Lipinski definition) is 7. The van der Waals surface area contributed by atoms with E-state index in [0.717, 1.165) is 16.5 Å². The summed E-state index contributed by atoms with van der Waals surface area (Å²) < 4.78 is 5.26. The average Bonchev–Trinajstić information content (AvgIpc) is 2.96. The number of carbonyl (C=O) groups excluding carboxylic acids is 1. The summed E-state index contributed by atoms with van der Waals surface area (Å²) in [5, 5.41) is 1.01. The van der Waals surface area contributed by atoms with Crippen LogP contribution in [0.5, 0.6) is 0 Å². The Labute approximate surface area is 138 Å². The number of H-pyrrole nitrogens is 1. The monoisotopic (exact) mass is 326 g/mol. The topological polar surface area (TPSA) is 110 Å². The maximum absolute atomic E-state index is 12.1. The molecule has 0 radical (unpaired) electrons. The fourth-order valence-corrected chi connectivity index (χ4v) is 2.32. The van der Waals surface area contributed by atoms with Gasteiger partial charge in [0, 0.05) is 31.2 Å². The Morgan fingerprint density at radius 3 is 2.83 bits per heavy atom. The molecule has 0 saturated carbocycles. The highest BCUT2D eigenvalue weighted by molar-refractivity contribution is 5.87. The Kier molecular flexibility index (Phi) is 4.28. The van der Waals surface area contributed by atoms with E-state index in [1.54, 1.807) is 19.0 Å². The first-order valence-corrected chi connectivity index (χ1v) is 7.41. The lowest BCUT2D eigenvalue weighted by Gasteiger charge is -2.11. The predicted molar refractivity (Wildman–Crippen MR) is 90.4 cm³/mol. The van der Waals surface area contributed by atoms with Gasteiger partial charge in [-0.1, -0.05) is 18.2 Å². The molecule has 0 unspecified atom stereocenters. The fourth-order valence-electron chi connectivity index (χ4n) is 2.32. The number of aromatic nitrogens is 4. The summed E-state index contributed by atoms with van der Waals surface area (Å²) in [6.07, 6.45) is 1.99. The molecule has 3 N–H and O–H groups in total. The van der Waals surface area contributed by atoms with Crippen molar-refractivity contribution < 1.29 is 9.53 Å². The van der Waals surface area contributed by atoms with Crippen LogP contribution in [0.3, 0.4) is 0 Å². The normalized spacial score (nSPS) is 10.8. The highest BCUT2D eigenvalue weighted by atomic mass is 16.5. The van der Waals surface area contributed by atoms with Gasteiger partial charge in [-0.3, -0.25) is 4.79 Å². The molecule has 0 atom stereocenters. The van der Waals surface area contributed by atoms with Gasteiger partial charge in [0.1, 0.15) is 0 Å². The third-order valence-electron chi connectivity index (χ3n) is 3.46. The van der Waals surface area contributed by atoms with Crippen molar-refractivity contribution in [3.63, 3.8) is 0 Å². The van der Waals surface area contributed by atoms with Gasteiger partial charge in [0.2, 0.25) is 11.9 Å². The minimum atomic E-state index is -0.356. The van der Waals surface area contributed by atoms with Gasteiger partial charge in [-0.25, -0.2) is 0 Å². The van der Waals surface area contributed by atoms with E-state index in [2.05, 4.69) is 19.9 Å². The minimum Gasteiger partial charge on any atom is -0.457 e. The maximum Gasteiger partial charge on any atom is 0.310 e. The number of hydrogen-bond donors (Lipinski definition) is 2. The highest BCUT2D eigenvalue weighted by Gasteiger charge is 2.12. The van der Waals surface area contributed by atoms with Crippen LogP contribution in [0.2, 0.25) is 0 Å². The number of nitrogen functional groups attached to an aromatic ring is 1. The van der Waals surface area contributed by atoms with Crippen LogP contribution >= 0.6 is 0 Å². The first-order chi connectivity index (χ1) is 11.5. The van der Waals surface area contributed by atoms with Crippen LogP contribution in [0.1, 0.15) is 11.4 Å². The van der Waals surface area contributed by atoms with Gasteiger partial charge in [-0.2, -0.15) is 15.0 Å². The van der Waals surface area contributed by atoms with Crippen LogP contribution < -0.4 is 10.6 Å². The molecule has 0 aliphatic heterocycles. The fraction of sp³-hybridized carbons (Fsp3) is 0.250. The summed E-state index contributed by atoms with van der Waals surface area (Å²) in [6.45, 7) is -0.0469. The number of rotatable bonds is 5. The summed E-state index contributed by atoms with van der Waals surface area (Å²) in [4.78, 5) is 29.1.